The summed E-state index contributed by atoms with van der Waals surface area (Å²) in [6, 6.07) is 19.8. The Labute approximate surface area is 238 Å². The number of alkyl halides is 3. The molecule has 4 unspecified atom stereocenters. The Bertz CT molecular complexity index is 1670. The molecule has 4 N–H and O–H groups in total. The van der Waals surface area contributed by atoms with Crippen molar-refractivity contribution >= 4 is 34.4 Å². The van der Waals surface area contributed by atoms with E-state index in [1.165, 1.54) is 12.1 Å². The number of imide groups is 1. The summed E-state index contributed by atoms with van der Waals surface area (Å²) >= 11 is 0. The molecule has 6 rings (SSSR count). The van der Waals surface area contributed by atoms with Gasteiger partial charge < -0.3 is 15.4 Å². The molecule has 2 fully saturated rings. The highest BCUT2D eigenvalue weighted by Crippen LogP contribution is 2.50. The highest BCUT2D eigenvalue weighted by molar-refractivity contribution is 6.09. The molecule has 8 nitrogen and oxygen atoms in total. The van der Waals surface area contributed by atoms with Gasteiger partial charge in [-0.25, -0.2) is 0 Å². The minimum atomic E-state index is -4.65. The zero-order valence-electron chi connectivity index (χ0n) is 22.2. The average molecular weight is 577 g/mol. The molecule has 0 spiro atoms. The summed E-state index contributed by atoms with van der Waals surface area (Å²) in [5, 5.41) is 17.6. The number of amides is 2. The number of carboxylic acid groups (broad SMARTS) is 1. The van der Waals surface area contributed by atoms with Crippen LogP contribution < -0.4 is 10.6 Å². The number of carboxylic acids is 1. The number of hydrogen-bond acceptors (Lipinski definition) is 5. The van der Waals surface area contributed by atoms with Crippen LogP contribution >= 0.6 is 0 Å². The molecule has 42 heavy (non-hydrogen) atoms. The van der Waals surface area contributed by atoms with Gasteiger partial charge >= 0.3 is 12.1 Å². The van der Waals surface area contributed by atoms with E-state index in [4.69, 9.17) is 0 Å². The molecule has 2 aliphatic rings. The molecule has 4 aromatic rings. The lowest BCUT2D eigenvalue weighted by atomic mass is 9.76. The Morgan fingerprint density at radius 3 is 2.45 bits per heavy atom. The third kappa shape index (κ3) is 4.59. The van der Waals surface area contributed by atoms with Crippen LogP contribution in [0.1, 0.15) is 22.7 Å². The van der Waals surface area contributed by atoms with Crippen LogP contribution in [0.25, 0.3) is 10.9 Å². The molecule has 0 saturated carbocycles. The van der Waals surface area contributed by atoms with Gasteiger partial charge in [-0.15, -0.1) is 0 Å². The largest absolute Gasteiger partial charge is 0.480 e. The summed E-state index contributed by atoms with van der Waals surface area (Å²) in [4.78, 5) is 45.1. The van der Waals surface area contributed by atoms with Crippen LogP contribution in [-0.4, -0.2) is 51.4 Å². The predicted molar refractivity (Wildman–Crippen MR) is 148 cm³/mol. The number of anilines is 1. The van der Waals surface area contributed by atoms with Crippen molar-refractivity contribution in [1.29, 1.82) is 0 Å². The lowest BCUT2D eigenvalue weighted by Crippen LogP contribution is -2.57. The van der Waals surface area contributed by atoms with E-state index in [-0.39, 0.29) is 25.1 Å². The Morgan fingerprint density at radius 1 is 0.976 bits per heavy atom. The van der Waals surface area contributed by atoms with Gasteiger partial charge in [0.2, 0.25) is 11.8 Å². The maximum atomic E-state index is 13.9. The number of para-hydroxylation sites is 2. The van der Waals surface area contributed by atoms with Crippen molar-refractivity contribution in [3.63, 3.8) is 0 Å². The fraction of sp³-hybridized carbons (Fsp3) is 0.258. The van der Waals surface area contributed by atoms with E-state index >= 15 is 0 Å². The predicted octanol–water partition coefficient (Wildman–Crippen LogP) is 4.61. The maximum Gasteiger partial charge on any atom is 0.416 e. The van der Waals surface area contributed by atoms with Gasteiger partial charge in [0.05, 0.1) is 17.4 Å². The Morgan fingerprint density at radius 2 is 1.71 bits per heavy atom. The summed E-state index contributed by atoms with van der Waals surface area (Å²) in [6.07, 6.45) is -3.16. The summed E-state index contributed by atoms with van der Waals surface area (Å²) in [6.45, 7) is 0.183. The highest BCUT2D eigenvalue weighted by Gasteiger charge is 2.68. The van der Waals surface area contributed by atoms with E-state index in [0.717, 1.165) is 33.6 Å². The molecule has 1 aromatic heterocycles. The molecule has 216 valence electrons. The van der Waals surface area contributed by atoms with Crippen LogP contribution in [0.4, 0.5) is 18.9 Å². The average Bonchev–Trinajstić information content (AvgIpc) is 3.62. The fourth-order valence-corrected chi connectivity index (χ4v) is 6.36. The topological polar surface area (TPSA) is 115 Å². The van der Waals surface area contributed by atoms with Gasteiger partial charge in [-0.05, 0) is 41.5 Å². The molecule has 0 aliphatic carbocycles. The van der Waals surface area contributed by atoms with Gasteiger partial charge in [-0.2, -0.15) is 13.2 Å². The lowest BCUT2D eigenvalue weighted by Gasteiger charge is -2.31. The fourth-order valence-electron chi connectivity index (χ4n) is 6.36. The van der Waals surface area contributed by atoms with Gasteiger partial charge in [0, 0.05) is 48.3 Å². The van der Waals surface area contributed by atoms with Gasteiger partial charge in [-0.1, -0.05) is 48.5 Å². The molecule has 3 aromatic carbocycles. The van der Waals surface area contributed by atoms with Gasteiger partial charge in [0.1, 0.15) is 5.54 Å². The first-order chi connectivity index (χ1) is 20.1. The minimum Gasteiger partial charge on any atom is -0.480 e. The molecule has 2 aliphatic heterocycles. The second-order valence-corrected chi connectivity index (χ2v) is 10.7. The monoisotopic (exact) mass is 576 g/mol. The number of hydrogen-bond donors (Lipinski definition) is 4. The number of aromatic nitrogens is 1. The molecular formula is C31H27F3N4O4. The number of carbonyl (C=O) groups excluding carboxylic acids is 2. The maximum absolute atomic E-state index is 13.9. The summed E-state index contributed by atoms with van der Waals surface area (Å²) in [7, 11) is 0. The molecule has 2 saturated heterocycles. The lowest BCUT2D eigenvalue weighted by molar-refractivity contribution is -0.151. The normalized spacial score (nSPS) is 23.9. The first-order valence-electron chi connectivity index (χ1n) is 13.5. The number of carbonyl (C=O) groups is 3. The summed E-state index contributed by atoms with van der Waals surface area (Å²) in [5.41, 5.74) is -0.647. The number of rotatable bonds is 8. The van der Waals surface area contributed by atoms with Gasteiger partial charge in [0.15, 0.2) is 0 Å². The molecule has 0 radical (unpaired) electrons. The Balaban J connectivity index is 1.40. The van der Waals surface area contributed by atoms with E-state index in [9.17, 15) is 32.7 Å². The van der Waals surface area contributed by atoms with Gasteiger partial charge in [-0.3, -0.25) is 24.6 Å². The third-order valence-electron chi connectivity index (χ3n) is 8.28. The Hall–Kier alpha value is -4.64. The van der Waals surface area contributed by atoms with Crippen LogP contribution in [0.5, 0.6) is 0 Å². The van der Waals surface area contributed by atoms with Crippen molar-refractivity contribution in [2.24, 2.45) is 11.8 Å². The van der Waals surface area contributed by atoms with Crippen LogP contribution in [0.15, 0.2) is 85.1 Å². The van der Waals surface area contributed by atoms with Crippen molar-refractivity contribution in [3.8, 4) is 0 Å². The van der Waals surface area contributed by atoms with Crippen LogP contribution in [-0.2, 0) is 27.0 Å². The van der Waals surface area contributed by atoms with E-state index in [2.05, 4.69) is 15.6 Å². The summed E-state index contributed by atoms with van der Waals surface area (Å²) < 4.78 is 40.9. The molecule has 4 atom stereocenters. The van der Waals surface area contributed by atoms with Gasteiger partial charge in [0.25, 0.3) is 0 Å². The smallest absolute Gasteiger partial charge is 0.416 e. The van der Waals surface area contributed by atoms with Crippen molar-refractivity contribution in [2.75, 3.05) is 18.4 Å². The van der Waals surface area contributed by atoms with Crippen LogP contribution in [0.2, 0.25) is 0 Å². The number of benzene rings is 3. The molecule has 2 amide bonds. The number of likely N-dealkylation sites (tertiary alicyclic amines) is 1. The Kier molecular flexibility index (Phi) is 6.77. The second kappa shape index (κ2) is 10.3. The molecule has 3 heterocycles. The first kappa shape index (κ1) is 27.5. The van der Waals surface area contributed by atoms with Crippen molar-refractivity contribution < 1.29 is 32.7 Å². The van der Waals surface area contributed by atoms with E-state index < -0.39 is 52.9 Å². The first-order valence-corrected chi connectivity index (χ1v) is 13.5. The molecule has 11 heteroatoms. The van der Waals surface area contributed by atoms with E-state index in [1.54, 1.807) is 12.3 Å². The second-order valence-electron chi connectivity index (χ2n) is 10.7. The van der Waals surface area contributed by atoms with Crippen LogP contribution in [0.3, 0.4) is 0 Å². The van der Waals surface area contributed by atoms with E-state index in [0.29, 0.717) is 5.56 Å². The standard InChI is InChI=1S/C31H27F3N4O4/c32-31(33,34)20-8-6-7-18(15-20)26-24-25(28(40)38(27(24)39)14-13-35-21-9-2-1-3-10-21)30(37-26,29(41)42)16-19-17-36-23-12-5-4-11-22(19)23/h1-12,15,17,24-26,35-37H,13-14,16H2,(H,41,42). The van der Waals surface area contributed by atoms with Crippen LogP contribution in [0, 0.1) is 11.8 Å². The number of fused-ring (bicyclic) bond motifs is 2. The SMILES string of the molecule is O=C1C2C(c3cccc(C(F)(F)F)c3)NC(Cc3c[nH]c4ccccc34)(C(=O)O)C2C(=O)N1CCNc1ccccc1. The number of aliphatic carboxylic acids is 1. The van der Waals surface area contributed by atoms with Crippen molar-refractivity contribution in [1.82, 2.24) is 15.2 Å². The van der Waals surface area contributed by atoms with Crippen molar-refractivity contribution in [3.05, 3.63) is 102 Å². The quantitative estimate of drug-likeness (QED) is 0.228. The highest BCUT2D eigenvalue weighted by atomic mass is 19.4. The zero-order chi connectivity index (χ0) is 29.6. The third-order valence-corrected chi connectivity index (χ3v) is 8.28. The molecule has 0 bridgehead atoms. The minimum absolute atomic E-state index is 0.0301. The molecular weight excluding hydrogens is 549 g/mol. The van der Waals surface area contributed by atoms with E-state index in [1.807, 2.05) is 48.5 Å². The zero-order valence-corrected chi connectivity index (χ0v) is 22.2. The van der Waals surface area contributed by atoms with Crippen molar-refractivity contribution in [2.45, 2.75) is 24.2 Å². The number of H-pyrrole nitrogens is 1. The number of aromatic amines is 1. The number of nitrogens with zero attached hydrogens (tertiary/aromatic N) is 1. The number of halogens is 3. The summed E-state index contributed by atoms with van der Waals surface area (Å²) in [5.74, 6) is -5.19. The number of nitrogens with one attached hydrogen (secondary N) is 3.